The zero-order chi connectivity index (χ0) is 33.9. The van der Waals surface area contributed by atoms with Gasteiger partial charge in [-0.25, -0.2) is 19.3 Å². The molecule has 5 heterocycles. The monoisotopic (exact) mass is 652 g/mol. The average Bonchev–Trinajstić information content (AvgIpc) is 3.45. The summed E-state index contributed by atoms with van der Waals surface area (Å²) in [4.78, 5) is 36.4. The number of allylic oxidation sites excluding steroid dienone is 1. The van der Waals surface area contributed by atoms with Crippen molar-refractivity contribution < 1.29 is 37.1 Å². The quantitative estimate of drug-likeness (QED) is 0.232. The van der Waals surface area contributed by atoms with Gasteiger partial charge in [0, 0.05) is 24.3 Å². The van der Waals surface area contributed by atoms with Crippen molar-refractivity contribution >= 4 is 24.1 Å². The summed E-state index contributed by atoms with van der Waals surface area (Å²) >= 11 is 0. The molecule has 0 amide bonds. The maximum absolute atomic E-state index is 13.6. The number of hydrogen-bond donors (Lipinski definition) is 1. The number of rotatable bonds is 7. The summed E-state index contributed by atoms with van der Waals surface area (Å²) in [5.74, 6) is 0.160. The average molecular weight is 653 g/mol. The summed E-state index contributed by atoms with van der Waals surface area (Å²) in [6, 6.07) is 11.0. The number of halogens is 3. The minimum atomic E-state index is -4.60. The highest BCUT2D eigenvalue weighted by Gasteiger charge is 2.42. The molecular formula is C33H35F3N6O5. The molecule has 0 aliphatic carbocycles. The topological polar surface area (TPSA) is 144 Å². The van der Waals surface area contributed by atoms with E-state index in [2.05, 4.69) is 16.3 Å². The second-order valence-electron chi connectivity index (χ2n) is 12.2. The van der Waals surface area contributed by atoms with Crippen molar-refractivity contribution in [3.63, 3.8) is 0 Å². The van der Waals surface area contributed by atoms with E-state index >= 15 is 0 Å². The molecular weight excluding hydrogens is 617 g/mol. The summed E-state index contributed by atoms with van der Waals surface area (Å²) in [6.07, 6.45) is 0.667. The second kappa shape index (κ2) is 13.4. The lowest BCUT2D eigenvalue weighted by Gasteiger charge is -2.49. The minimum Gasteiger partial charge on any atom is -0.554 e. The van der Waals surface area contributed by atoms with Crippen LogP contribution in [0.1, 0.15) is 60.9 Å². The van der Waals surface area contributed by atoms with Gasteiger partial charge in [-0.2, -0.15) is 18.4 Å². The van der Waals surface area contributed by atoms with Crippen molar-refractivity contribution in [2.75, 3.05) is 38.2 Å². The van der Waals surface area contributed by atoms with E-state index in [9.17, 15) is 28.0 Å². The number of piperidine rings is 3. The van der Waals surface area contributed by atoms with Crippen LogP contribution in [0.15, 0.2) is 58.5 Å². The van der Waals surface area contributed by atoms with E-state index in [0.29, 0.717) is 17.5 Å². The first-order valence-electron chi connectivity index (χ1n) is 15.3. The third-order valence-corrected chi connectivity index (χ3v) is 9.66. The molecule has 1 N–H and O–H groups in total. The van der Waals surface area contributed by atoms with E-state index < -0.39 is 35.9 Å². The van der Waals surface area contributed by atoms with Gasteiger partial charge in [0.1, 0.15) is 6.04 Å². The number of esters is 1. The third-order valence-electron chi connectivity index (χ3n) is 9.66. The molecule has 2 bridgehead atoms. The molecule has 11 nitrogen and oxygen atoms in total. The molecule has 47 heavy (non-hydrogen) atoms. The third kappa shape index (κ3) is 6.53. The van der Waals surface area contributed by atoms with E-state index in [-0.39, 0.29) is 22.9 Å². The van der Waals surface area contributed by atoms with Crippen molar-refractivity contribution in [1.29, 1.82) is 5.26 Å². The van der Waals surface area contributed by atoms with Gasteiger partial charge in [-0.3, -0.25) is 4.90 Å². The molecule has 1 aromatic heterocycles. The number of alkyl halides is 3. The van der Waals surface area contributed by atoms with E-state index in [1.54, 1.807) is 25.1 Å². The lowest BCUT2D eigenvalue weighted by Crippen LogP contribution is -2.58. The fraction of sp³-hybridized carbons (Fsp3) is 0.424. The number of nitrogens with one attached hydrogen (secondary N) is 1. The number of carboxylic acid groups (broad SMARTS) is 1. The molecule has 2 aromatic carbocycles. The fourth-order valence-corrected chi connectivity index (χ4v) is 7.32. The number of carbonyl (C=O) groups is 2. The molecule has 248 valence electrons. The van der Waals surface area contributed by atoms with Crippen LogP contribution in [-0.4, -0.2) is 65.0 Å². The normalized spacial score (nSPS) is 21.7. The molecule has 14 heteroatoms. The lowest BCUT2D eigenvalue weighted by atomic mass is 9.85. The summed E-state index contributed by atoms with van der Waals surface area (Å²) in [6.45, 7) is 5.66. The predicted molar refractivity (Wildman–Crippen MR) is 162 cm³/mol. The highest BCUT2D eigenvalue weighted by atomic mass is 19.4. The molecule has 0 radical (unpaired) electrons. The SMILES string of the molecule is COC(=O)C1=C(C)N(c2cccc(C(F)(F)F)c2)c2n[nH]c(=O)n2[C@@H]1c1ccc(C#N)cc1CCC[N+]12CCC(CC1)CC2.O=C[O-]. The van der Waals surface area contributed by atoms with Crippen LogP contribution in [-0.2, 0) is 26.9 Å². The molecule has 3 aromatic rings. The molecule has 7 rings (SSSR count). The van der Waals surface area contributed by atoms with E-state index in [1.807, 2.05) is 0 Å². The Morgan fingerprint density at radius 2 is 1.87 bits per heavy atom. The Morgan fingerprint density at radius 3 is 2.49 bits per heavy atom. The Kier molecular flexibility index (Phi) is 9.58. The predicted octanol–water partition coefficient (Wildman–Crippen LogP) is 3.58. The van der Waals surface area contributed by atoms with Gasteiger partial charge in [0.05, 0.1) is 56.1 Å². The van der Waals surface area contributed by atoms with E-state index in [1.165, 1.54) is 67.6 Å². The number of aryl methyl sites for hydroxylation is 1. The number of aromatic amines is 1. The molecule has 0 unspecified atom stereocenters. The number of ether oxygens (including phenoxy) is 1. The first kappa shape index (κ1) is 33.5. The molecule has 4 aliphatic rings. The Hall–Kier alpha value is -4.90. The number of benzene rings is 2. The van der Waals surface area contributed by atoms with Crippen molar-refractivity contribution in [2.45, 2.75) is 51.2 Å². The number of quaternary nitrogens is 1. The zero-order valence-corrected chi connectivity index (χ0v) is 26.0. The van der Waals surface area contributed by atoms with Crippen LogP contribution in [0.3, 0.4) is 0 Å². The highest BCUT2D eigenvalue weighted by molar-refractivity contribution is 5.93. The van der Waals surface area contributed by atoms with E-state index in [4.69, 9.17) is 14.6 Å². The van der Waals surface area contributed by atoms with Crippen LogP contribution in [0, 0.1) is 17.2 Å². The zero-order valence-electron chi connectivity index (χ0n) is 26.0. The van der Waals surface area contributed by atoms with E-state index in [0.717, 1.165) is 41.1 Å². The number of carbonyl (C=O) groups excluding carboxylic acids is 2. The van der Waals surface area contributed by atoms with Gasteiger partial charge in [-0.05, 0) is 80.0 Å². The number of hydrogen-bond acceptors (Lipinski definition) is 8. The highest BCUT2D eigenvalue weighted by Crippen LogP contribution is 2.44. The van der Waals surface area contributed by atoms with Crippen LogP contribution in [0.4, 0.5) is 24.8 Å². The molecule has 0 saturated carbocycles. The number of aromatic nitrogens is 3. The number of nitrogens with zero attached hydrogens (tertiary/aromatic N) is 5. The summed E-state index contributed by atoms with van der Waals surface area (Å²) < 4.78 is 48.5. The Bertz CT molecular complexity index is 1770. The van der Waals surface area contributed by atoms with Gasteiger partial charge >= 0.3 is 17.8 Å². The smallest absolute Gasteiger partial charge is 0.416 e. The summed E-state index contributed by atoms with van der Waals surface area (Å²) in [5, 5.41) is 24.6. The molecule has 4 aliphatic heterocycles. The number of fused-ring (bicyclic) bond motifs is 4. The minimum absolute atomic E-state index is 0.0364. The number of nitriles is 1. The van der Waals surface area contributed by atoms with Crippen molar-refractivity contribution in [1.82, 2.24) is 14.8 Å². The fourth-order valence-electron chi connectivity index (χ4n) is 7.32. The van der Waals surface area contributed by atoms with Crippen LogP contribution >= 0.6 is 0 Å². The largest absolute Gasteiger partial charge is 0.554 e. The van der Waals surface area contributed by atoms with Crippen LogP contribution in [0.5, 0.6) is 0 Å². The molecule has 3 fully saturated rings. The first-order valence-corrected chi connectivity index (χ1v) is 15.3. The Balaban J connectivity index is 0.00000139. The maximum Gasteiger partial charge on any atom is 0.416 e. The van der Waals surface area contributed by atoms with Gasteiger partial charge in [0.2, 0.25) is 5.95 Å². The number of methoxy groups -OCH3 is 1. The van der Waals surface area contributed by atoms with Gasteiger partial charge < -0.3 is 19.1 Å². The lowest BCUT2D eigenvalue weighted by molar-refractivity contribution is -0.942. The van der Waals surface area contributed by atoms with Gasteiger partial charge in [0.15, 0.2) is 0 Å². The van der Waals surface area contributed by atoms with Crippen LogP contribution in [0.25, 0.3) is 0 Å². The second-order valence-corrected chi connectivity index (χ2v) is 12.2. The van der Waals surface area contributed by atoms with Crippen LogP contribution < -0.4 is 15.7 Å². The van der Waals surface area contributed by atoms with Gasteiger partial charge in [0.25, 0.3) is 0 Å². The standard InChI is InChI=1S/C32H33F3N6O3.CH2O2/c1-20-27(29(42)44-2)28(40-30(37-38-31(40)43)39(20)25-7-3-6-24(18-25)32(33,34)35)26-9-8-22(19-36)17-23(26)5-4-13-41-14-10-21(11-15-41)12-16-41;2-1-3/h3,6-9,17-18,21,28H,4-5,10-16H2,1-2H3;1H,(H,2,3)/t21?,28-,41?;/m1./s1. The number of H-pyrrole nitrogens is 1. The van der Waals surface area contributed by atoms with Crippen molar-refractivity contribution in [3.05, 3.63) is 86.5 Å². The van der Waals surface area contributed by atoms with Crippen LogP contribution in [0.2, 0.25) is 0 Å². The number of anilines is 2. The summed E-state index contributed by atoms with van der Waals surface area (Å²) in [7, 11) is 1.22. The molecule has 0 spiro atoms. The van der Waals surface area contributed by atoms with Gasteiger partial charge in [-0.1, -0.05) is 12.1 Å². The first-order chi connectivity index (χ1) is 22.5. The van der Waals surface area contributed by atoms with Crippen molar-refractivity contribution in [2.24, 2.45) is 5.92 Å². The molecule has 3 saturated heterocycles. The maximum atomic E-state index is 13.6. The molecule has 1 atom stereocenters. The van der Waals surface area contributed by atoms with Gasteiger partial charge in [-0.15, -0.1) is 5.10 Å². The Labute approximate surface area is 269 Å². The Morgan fingerprint density at radius 1 is 1.19 bits per heavy atom. The summed E-state index contributed by atoms with van der Waals surface area (Å²) in [5.41, 5.74) is 0.833. The van der Waals surface area contributed by atoms with Crippen molar-refractivity contribution in [3.8, 4) is 6.07 Å².